The molecule has 6 rings (SSSR count). The van der Waals surface area contributed by atoms with Crippen molar-refractivity contribution in [1.82, 2.24) is 20.1 Å². The third kappa shape index (κ3) is 7.07. The van der Waals surface area contributed by atoms with Crippen molar-refractivity contribution < 1.29 is 45.8 Å². The molecule has 4 fully saturated rings. The number of ether oxygens (including phenoxy) is 1. The second-order valence-electron chi connectivity index (χ2n) is 12.8. The van der Waals surface area contributed by atoms with Crippen molar-refractivity contribution in [3.05, 3.63) is 59.4 Å². The van der Waals surface area contributed by atoms with E-state index in [1.165, 1.54) is 12.3 Å². The molecule has 2 amide bonds. The number of alkyl halides is 6. The minimum atomic E-state index is -4.58. The van der Waals surface area contributed by atoms with Crippen molar-refractivity contribution >= 4 is 17.5 Å². The van der Waals surface area contributed by atoms with Crippen molar-refractivity contribution in [3.8, 4) is 0 Å². The Morgan fingerprint density at radius 3 is 2.40 bits per heavy atom. The zero-order valence-corrected chi connectivity index (χ0v) is 25.6. The Morgan fingerprint density at radius 1 is 0.979 bits per heavy atom. The molecule has 0 radical (unpaired) electrons. The third-order valence-electron chi connectivity index (χ3n) is 10.1. The lowest BCUT2D eigenvalue weighted by Crippen LogP contribution is -2.49. The molecule has 4 aliphatic rings. The number of pyridine rings is 1. The molecule has 256 valence electrons. The number of hydrogen-bond acceptors (Lipinski definition) is 7. The molecule has 2 aromatic rings. The zero-order valence-electron chi connectivity index (χ0n) is 25.6. The lowest BCUT2D eigenvalue weighted by Gasteiger charge is -2.41. The molecule has 0 bridgehead atoms. The topological polar surface area (TPSA) is 98.2 Å². The lowest BCUT2D eigenvalue weighted by molar-refractivity contribution is -0.221. The van der Waals surface area contributed by atoms with Gasteiger partial charge in [-0.05, 0) is 68.9 Å². The number of nitrogens with one attached hydrogen (secondary N) is 1. The summed E-state index contributed by atoms with van der Waals surface area (Å²) >= 11 is 0. The van der Waals surface area contributed by atoms with Crippen LogP contribution in [0.3, 0.4) is 0 Å². The molecule has 0 spiro atoms. The number of morpholine rings is 1. The zero-order chi connectivity index (χ0) is 33.6. The Balaban J connectivity index is 0.998. The van der Waals surface area contributed by atoms with Crippen molar-refractivity contribution in [2.45, 2.75) is 80.7 Å². The highest BCUT2D eigenvalue weighted by molar-refractivity contribution is 5.96. The number of carbonyl (C=O) groups excluding carboxylic acids is 2. The molecule has 47 heavy (non-hydrogen) atoms. The fourth-order valence-corrected chi connectivity index (χ4v) is 7.58. The van der Waals surface area contributed by atoms with Gasteiger partial charge in [-0.1, -0.05) is 6.07 Å². The van der Waals surface area contributed by atoms with Gasteiger partial charge in [0.2, 0.25) is 5.91 Å². The first-order valence-electron chi connectivity index (χ1n) is 15.9. The van der Waals surface area contributed by atoms with Crippen molar-refractivity contribution in [1.29, 1.82) is 0 Å². The first kappa shape index (κ1) is 33.5. The maximum atomic E-state index is 13.1. The van der Waals surface area contributed by atoms with Gasteiger partial charge in [0.15, 0.2) is 6.10 Å². The summed E-state index contributed by atoms with van der Waals surface area (Å²) in [4.78, 5) is 35.8. The van der Waals surface area contributed by atoms with E-state index in [1.54, 1.807) is 21.9 Å². The minimum absolute atomic E-state index is 0.0277. The number of aliphatic hydroxyl groups is 1. The van der Waals surface area contributed by atoms with E-state index >= 15 is 0 Å². The first-order valence-corrected chi connectivity index (χ1v) is 15.9. The van der Waals surface area contributed by atoms with Crippen LogP contribution in [0.25, 0.3) is 0 Å². The number of amides is 2. The molecule has 3 saturated heterocycles. The van der Waals surface area contributed by atoms with Crippen LogP contribution in [0.5, 0.6) is 0 Å². The quantitative estimate of drug-likeness (QED) is 0.448. The molecular weight excluding hydrogens is 632 g/mol. The summed E-state index contributed by atoms with van der Waals surface area (Å²) in [6.07, 6.45) is -5.50. The van der Waals surface area contributed by atoms with Crippen LogP contribution in [0.2, 0.25) is 0 Å². The summed E-state index contributed by atoms with van der Waals surface area (Å²) in [6, 6.07) is 7.76. The summed E-state index contributed by atoms with van der Waals surface area (Å²) in [7, 11) is 0. The van der Waals surface area contributed by atoms with Crippen LogP contribution in [-0.2, 0) is 21.3 Å². The fraction of sp³-hybridized carbons (Fsp3) is 0.594. The van der Waals surface area contributed by atoms with Gasteiger partial charge < -0.3 is 25.0 Å². The van der Waals surface area contributed by atoms with Crippen LogP contribution in [-0.4, -0.2) is 101 Å². The molecule has 1 saturated carbocycles. The van der Waals surface area contributed by atoms with E-state index in [4.69, 9.17) is 4.74 Å². The minimum Gasteiger partial charge on any atom is -0.384 e. The number of carbonyl (C=O) groups is 2. The van der Waals surface area contributed by atoms with Crippen LogP contribution >= 0.6 is 0 Å². The molecule has 2 N–H and O–H groups in total. The van der Waals surface area contributed by atoms with Gasteiger partial charge in [0, 0.05) is 43.3 Å². The van der Waals surface area contributed by atoms with Crippen LogP contribution in [0, 0.1) is 0 Å². The molecule has 0 unspecified atom stereocenters. The van der Waals surface area contributed by atoms with Crippen molar-refractivity contribution in [2.75, 3.05) is 44.2 Å². The highest BCUT2D eigenvalue weighted by atomic mass is 19.4. The summed E-state index contributed by atoms with van der Waals surface area (Å²) in [5, 5.41) is 14.0. The van der Waals surface area contributed by atoms with E-state index in [9.17, 15) is 41.0 Å². The monoisotopic (exact) mass is 669 g/mol. The lowest BCUT2D eigenvalue weighted by atomic mass is 9.79. The van der Waals surface area contributed by atoms with Crippen LogP contribution in [0.15, 0.2) is 42.6 Å². The second kappa shape index (κ2) is 12.9. The number of likely N-dealkylation sites (tertiary alicyclic amines) is 2. The Morgan fingerprint density at radius 2 is 1.72 bits per heavy atom. The molecule has 9 nitrogen and oxygen atoms in total. The van der Waals surface area contributed by atoms with E-state index in [1.807, 2.05) is 0 Å². The van der Waals surface area contributed by atoms with E-state index in [2.05, 4.69) is 15.2 Å². The first-order chi connectivity index (χ1) is 22.2. The van der Waals surface area contributed by atoms with Crippen molar-refractivity contribution in [3.63, 3.8) is 0 Å². The smallest absolute Gasteiger partial charge is 0.384 e. The number of anilines is 1. The largest absolute Gasteiger partial charge is 0.416 e. The predicted octanol–water partition coefficient (Wildman–Crippen LogP) is 4.10. The summed E-state index contributed by atoms with van der Waals surface area (Å²) in [5.74, 6) is -1.03. The molecule has 15 heteroatoms. The van der Waals surface area contributed by atoms with Gasteiger partial charge in [-0.2, -0.15) is 26.3 Å². The van der Waals surface area contributed by atoms with Gasteiger partial charge in [0.05, 0.1) is 42.8 Å². The van der Waals surface area contributed by atoms with Gasteiger partial charge in [-0.25, -0.2) is 0 Å². The van der Waals surface area contributed by atoms with Gasteiger partial charge in [0.1, 0.15) is 5.60 Å². The fourth-order valence-electron chi connectivity index (χ4n) is 7.58. The SMILES string of the molecule is O=C(NCC(=O)N1CC[C@H]2[C@@H]1CCN2C1CCC(O)(c2ccc(N3CCO[C@@H](C(F)(F)F)C3)cn2)CC1)c1cccc(C(F)(F)F)c1. The Kier molecular flexibility index (Phi) is 9.17. The van der Waals surface area contributed by atoms with Crippen LogP contribution < -0.4 is 10.2 Å². The Hall–Kier alpha value is -3.43. The average molecular weight is 670 g/mol. The number of rotatable bonds is 6. The van der Waals surface area contributed by atoms with Gasteiger partial charge in [-0.3, -0.25) is 19.5 Å². The molecule has 1 aromatic carbocycles. The highest BCUT2D eigenvalue weighted by Gasteiger charge is 2.48. The number of benzene rings is 1. The molecule has 3 atom stereocenters. The van der Waals surface area contributed by atoms with E-state index in [0.717, 1.165) is 37.6 Å². The third-order valence-corrected chi connectivity index (χ3v) is 10.1. The molecule has 1 aromatic heterocycles. The van der Waals surface area contributed by atoms with Crippen molar-refractivity contribution in [2.24, 2.45) is 0 Å². The number of halogens is 6. The molecule has 1 aliphatic carbocycles. The maximum absolute atomic E-state index is 13.1. The second-order valence-corrected chi connectivity index (χ2v) is 12.8. The van der Waals surface area contributed by atoms with E-state index in [0.29, 0.717) is 50.2 Å². The summed E-state index contributed by atoms with van der Waals surface area (Å²) in [5.41, 5.74) is -1.22. The number of nitrogens with zero attached hydrogens (tertiary/aromatic N) is 4. The summed E-state index contributed by atoms with van der Waals surface area (Å²) in [6.45, 7) is 0.950. The van der Waals surface area contributed by atoms with E-state index < -0.39 is 35.5 Å². The Labute approximate surface area is 267 Å². The van der Waals surface area contributed by atoms with E-state index in [-0.39, 0.29) is 49.3 Å². The normalized spacial score (nSPS) is 28.7. The summed E-state index contributed by atoms with van der Waals surface area (Å²) < 4.78 is 83.4. The molecule has 4 heterocycles. The Bertz CT molecular complexity index is 1450. The average Bonchev–Trinajstić information content (AvgIpc) is 3.66. The van der Waals surface area contributed by atoms with Crippen LogP contribution in [0.4, 0.5) is 32.0 Å². The maximum Gasteiger partial charge on any atom is 0.416 e. The number of hydrogen-bond donors (Lipinski definition) is 2. The predicted molar refractivity (Wildman–Crippen MR) is 157 cm³/mol. The van der Waals surface area contributed by atoms with Gasteiger partial charge in [0.25, 0.3) is 5.91 Å². The van der Waals surface area contributed by atoms with Gasteiger partial charge in [-0.15, -0.1) is 0 Å². The molecular formula is C32H37F6N5O4. The number of aromatic nitrogens is 1. The van der Waals surface area contributed by atoms with Gasteiger partial charge >= 0.3 is 12.4 Å². The number of fused-ring (bicyclic) bond motifs is 1. The highest BCUT2D eigenvalue weighted by Crippen LogP contribution is 2.42. The molecule has 3 aliphatic heterocycles. The standard InChI is InChI=1S/C32H37F6N5O4/c33-31(34,35)21-3-1-2-20(16-21)29(45)40-18-28(44)43-13-9-24-25(43)8-12-42(24)22-6-10-30(46,11-7-22)26-5-4-23(17-39-26)41-14-15-47-27(19-41)32(36,37)38/h1-5,16-17,22,24-25,27,46H,6-15,18-19H2,(H,40,45)/t22?,24-,25-,27+,30?/m0/s1. The van der Waals surface area contributed by atoms with Crippen LogP contribution in [0.1, 0.15) is 60.1 Å².